The maximum absolute atomic E-state index is 11.1. The van der Waals surface area contributed by atoms with Crippen molar-refractivity contribution in [2.24, 2.45) is 5.84 Å². The van der Waals surface area contributed by atoms with Crippen LogP contribution in [0.3, 0.4) is 0 Å². The first kappa shape index (κ1) is 11.7. The van der Waals surface area contributed by atoms with Crippen molar-refractivity contribution in [3.05, 3.63) is 34.0 Å². The molecule has 0 saturated heterocycles. The molecule has 2 aromatic rings. The number of nitrogen functional groups attached to an aromatic ring is 1. The van der Waals surface area contributed by atoms with Gasteiger partial charge in [0.1, 0.15) is 6.54 Å². The van der Waals surface area contributed by atoms with Crippen LogP contribution in [0.25, 0.3) is 0 Å². The van der Waals surface area contributed by atoms with Crippen LogP contribution in [-0.4, -0.2) is 30.8 Å². The van der Waals surface area contributed by atoms with Gasteiger partial charge in [0.05, 0.1) is 0 Å². The van der Waals surface area contributed by atoms with E-state index >= 15 is 0 Å². The number of carbonyl (C=O) groups is 1. The lowest BCUT2D eigenvalue weighted by atomic mass is 10.3. The predicted octanol–water partition coefficient (Wildman–Crippen LogP) is -1.17. The maximum Gasteiger partial charge on any atom is 0.490 e. The Balaban J connectivity index is 2.11. The second kappa shape index (κ2) is 4.58. The van der Waals surface area contributed by atoms with Gasteiger partial charge in [-0.15, -0.1) is 0 Å². The molecule has 0 saturated carbocycles. The Labute approximate surface area is 98.7 Å². The molecule has 2 heterocycles. The zero-order valence-electron chi connectivity index (χ0n) is 8.81. The molecule has 0 aliphatic heterocycles. The first-order chi connectivity index (χ1) is 8.60. The lowest BCUT2D eigenvalue weighted by Crippen LogP contribution is -2.30. The van der Waals surface area contributed by atoms with Crippen LogP contribution in [-0.2, 0) is 6.54 Å². The summed E-state index contributed by atoms with van der Waals surface area (Å²) < 4.78 is 6.02. The van der Waals surface area contributed by atoms with E-state index in [0.29, 0.717) is 0 Å². The highest BCUT2D eigenvalue weighted by atomic mass is 16.6. The first-order valence-electron chi connectivity index (χ1n) is 4.60. The Morgan fingerprint density at radius 1 is 1.67 bits per heavy atom. The predicted molar refractivity (Wildman–Crippen MR) is 53.9 cm³/mol. The van der Waals surface area contributed by atoms with Crippen molar-refractivity contribution in [1.29, 1.82) is 0 Å². The van der Waals surface area contributed by atoms with Gasteiger partial charge in [0, 0.05) is 11.2 Å². The minimum atomic E-state index is -0.718. The van der Waals surface area contributed by atoms with E-state index in [4.69, 9.17) is 10.4 Å². The van der Waals surface area contributed by atoms with Gasteiger partial charge in [-0.25, -0.2) is 5.84 Å². The number of nitrogens with zero attached hydrogens (tertiary/aromatic N) is 5. The Morgan fingerprint density at radius 3 is 3.06 bits per heavy atom. The fourth-order valence-electron chi connectivity index (χ4n) is 1.17. The molecule has 3 N–H and O–H groups in total. The van der Waals surface area contributed by atoms with E-state index in [0.717, 1.165) is 0 Å². The van der Waals surface area contributed by atoms with Crippen molar-refractivity contribution < 1.29 is 14.2 Å². The molecule has 2 rings (SSSR count). The van der Waals surface area contributed by atoms with E-state index in [1.165, 1.54) is 17.1 Å². The van der Waals surface area contributed by atoms with Gasteiger partial charge in [0.15, 0.2) is 11.5 Å². The zero-order valence-corrected chi connectivity index (χ0v) is 8.81. The number of aromatic nitrogens is 4. The summed E-state index contributed by atoms with van der Waals surface area (Å²) in [6, 6.07) is 1.34. The molecular formula is C7H7N7O4. The van der Waals surface area contributed by atoms with Crippen molar-refractivity contribution in [3.63, 3.8) is 0 Å². The van der Waals surface area contributed by atoms with Crippen LogP contribution in [0.1, 0.15) is 16.2 Å². The third-order valence-corrected chi connectivity index (χ3v) is 1.93. The van der Waals surface area contributed by atoms with Crippen molar-refractivity contribution in [2.45, 2.75) is 6.54 Å². The summed E-state index contributed by atoms with van der Waals surface area (Å²) in [5.74, 6) is 4.08. The smallest absolute Gasteiger partial charge is 0.390 e. The molecule has 0 aliphatic carbocycles. The molecule has 0 bridgehead atoms. The number of rotatable bonds is 4. The normalized spacial score (nSPS) is 10.3. The molecule has 1 amide bonds. The maximum atomic E-state index is 11.1. The van der Waals surface area contributed by atoms with Crippen LogP contribution >= 0.6 is 0 Å². The molecule has 0 spiro atoms. The van der Waals surface area contributed by atoms with Crippen LogP contribution in [0.5, 0.6) is 0 Å². The third kappa shape index (κ3) is 2.30. The van der Waals surface area contributed by atoms with Crippen molar-refractivity contribution >= 4 is 11.9 Å². The fraction of sp³-hybridized carbons (Fsp3) is 0.143. The van der Waals surface area contributed by atoms with Gasteiger partial charge >= 0.3 is 5.95 Å². The summed E-state index contributed by atoms with van der Waals surface area (Å²) in [6.45, 7) is 0.0612. The number of hydrogen-bond donors (Lipinski definition) is 2. The monoisotopic (exact) mass is 253 g/mol. The van der Waals surface area contributed by atoms with E-state index in [1.54, 1.807) is 0 Å². The summed E-state index contributed by atoms with van der Waals surface area (Å²) in [4.78, 5) is 24.2. The van der Waals surface area contributed by atoms with Gasteiger partial charge in [-0.3, -0.25) is 10.2 Å². The molecule has 0 aromatic carbocycles. The molecule has 0 fully saturated rings. The molecule has 11 nitrogen and oxygen atoms in total. The summed E-state index contributed by atoms with van der Waals surface area (Å²) >= 11 is 0. The number of nitrogens with two attached hydrogens (primary N) is 1. The summed E-state index contributed by atoms with van der Waals surface area (Å²) in [6.07, 6.45) is 1.17. The Hall–Kier alpha value is -2.82. The highest BCUT2D eigenvalue weighted by molar-refractivity contribution is 5.91. The third-order valence-electron chi connectivity index (χ3n) is 1.93. The number of amides is 1. The molecule has 94 valence electrons. The van der Waals surface area contributed by atoms with E-state index < -0.39 is 16.8 Å². The average Bonchev–Trinajstić information content (AvgIpc) is 2.98. The average molecular weight is 253 g/mol. The molecule has 0 radical (unpaired) electrons. The second-order valence-electron chi connectivity index (χ2n) is 3.15. The molecule has 0 aliphatic rings. The largest absolute Gasteiger partial charge is 0.490 e. The van der Waals surface area contributed by atoms with Gasteiger partial charge < -0.3 is 14.6 Å². The minimum Gasteiger partial charge on any atom is -0.390 e. The minimum absolute atomic E-state index is 0.00196. The molecule has 0 unspecified atom stereocenters. The number of nitro groups is 1. The summed E-state index contributed by atoms with van der Waals surface area (Å²) in [5.41, 5.74) is 1.89. The van der Waals surface area contributed by atoms with Gasteiger partial charge in [-0.2, -0.15) is 4.68 Å². The van der Waals surface area contributed by atoms with Crippen LogP contribution in [0, 0.1) is 10.1 Å². The molecule has 2 aromatic heterocycles. The number of hydrazine groups is 1. The van der Waals surface area contributed by atoms with Gasteiger partial charge in [0.25, 0.3) is 5.91 Å². The molecule has 0 atom stereocenters. The highest BCUT2D eigenvalue weighted by Gasteiger charge is 2.16. The SMILES string of the molecule is NNC(=O)c1cc(Cn2cnc([N+](=O)[O-])n2)on1. The molecular weight excluding hydrogens is 246 g/mol. The van der Waals surface area contributed by atoms with Gasteiger partial charge in [-0.05, 0) is 4.92 Å². The van der Waals surface area contributed by atoms with Crippen LogP contribution < -0.4 is 11.3 Å². The standard InChI is InChI=1S/C7H7N7O4/c8-10-6(15)5-1-4(18-12-5)2-13-3-9-7(11-13)14(16)17/h1,3H,2,8H2,(H,10,15). The Morgan fingerprint density at radius 2 is 2.44 bits per heavy atom. The van der Waals surface area contributed by atoms with Crippen molar-refractivity contribution in [1.82, 2.24) is 25.3 Å². The number of carbonyl (C=O) groups excluding carboxylic acids is 1. The lowest BCUT2D eigenvalue weighted by Gasteiger charge is -1.90. The summed E-state index contributed by atoms with van der Waals surface area (Å²) in [5, 5.41) is 17.4. The Kier molecular flexibility index (Phi) is 2.97. The van der Waals surface area contributed by atoms with E-state index in [1.807, 2.05) is 5.43 Å². The Bertz CT molecular complexity index is 588. The van der Waals surface area contributed by atoms with E-state index in [-0.39, 0.29) is 18.0 Å². The van der Waals surface area contributed by atoms with Crippen LogP contribution in [0.4, 0.5) is 5.95 Å². The molecule has 11 heteroatoms. The first-order valence-corrected chi connectivity index (χ1v) is 4.60. The molecule has 18 heavy (non-hydrogen) atoms. The quantitative estimate of drug-likeness (QED) is 0.298. The van der Waals surface area contributed by atoms with Gasteiger partial charge in [-0.1, -0.05) is 10.1 Å². The van der Waals surface area contributed by atoms with Crippen molar-refractivity contribution in [3.8, 4) is 0 Å². The second-order valence-corrected chi connectivity index (χ2v) is 3.15. The summed E-state index contributed by atoms with van der Waals surface area (Å²) in [7, 11) is 0. The fourth-order valence-corrected chi connectivity index (χ4v) is 1.17. The zero-order chi connectivity index (χ0) is 13.1. The van der Waals surface area contributed by atoms with Crippen molar-refractivity contribution in [2.75, 3.05) is 0 Å². The van der Waals surface area contributed by atoms with E-state index in [2.05, 4.69) is 15.2 Å². The van der Waals surface area contributed by atoms with E-state index in [9.17, 15) is 14.9 Å². The van der Waals surface area contributed by atoms with Gasteiger partial charge in [0.2, 0.25) is 6.33 Å². The van der Waals surface area contributed by atoms with Crippen LogP contribution in [0.2, 0.25) is 0 Å². The van der Waals surface area contributed by atoms with Crippen LogP contribution in [0.15, 0.2) is 16.9 Å². The number of nitrogens with one attached hydrogen (secondary N) is 1. The number of hydrogen-bond acceptors (Lipinski definition) is 8. The topological polar surface area (TPSA) is 155 Å². The highest BCUT2D eigenvalue weighted by Crippen LogP contribution is 2.07. The lowest BCUT2D eigenvalue weighted by molar-refractivity contribution is -0.394.